The van der Waals surface area contributed by atoms with Crippen molar-refractivity contribution < 1.29 is 34.0 Å². The zero-order valence-electron chi connectivity index (χ0n) is 23.4. The second kappa shape index (κ2) is 9.03. The van der Waals surface area contributed by atoms with Gasteiger partial charge >= 0.3 is 0 Å². The molecule has 0 unspecified atom stereocenters. The molecule has 6 atom stereocenters. The second-order valence-electron chi connectivity index (χ2n) is 12.3. The van der Waals surface area contributed by atoms with E-state index < -0.39 is 5.41 Å². The first-order valence-corrected chi connectivity index (χ1v) is 13.8. The number of benzene rings is 2. The van der Waals surface area contributed by atoms with E-state index in [1.54, 1.807) is 33.5 Å². The number of methoxy groups -OCH3 is 3. The summed E-state index contributed by atoms with van der Waals surface area (Å²) in [7, 11) is 4.72. The van der Waals surface area contributed by atoms with E-state index >= 15 is 0 Å². The summed E-state index contributed by atoms with van der Waals surface area (Å²) in [5.74, 6) is 1.43. The van der Waals surface area contributed by atoms with Crippen LogP contribution in [0.2, 0.25) is 0 Å². The van der Waals surface area contributed by atoms with Gasteiger partial charge < -0.3 is 34.1 Å². The van der Waals surface area contributed by atoms with Gasteiger partial charge in [0.15, 0.2) is 23.0 Å². The number of hydrogen-bond acceptors (Lipinski definition) is 7. The van der Waals surface area contributed by atoms with Crippen molar-refractivity contribution >= 4 is 5.91 Å². The fourth-order valence-electron chi connectivity index (χ4n) is 9.22. The minimum Gasteiger partial charge on any atom is -0.504 e. The predicted molar refractivity (Wildman–Crippen MR) is 144 cm³/mol. The molecule has 1 spiro atoms. The number of fused-ring (bicyclic) bond motifs is 1. The maximum absolute atomic E-state index is 14.2. The lowest BCUT2D eigenvalue weighted by molar-refractivity contribution is -0.164. The van der Waals surface area contributed by atoms with Gasteiger partial charge in [-0.2, -0.15) is 0 Å². The highest BCUT2D eigenvalue weighted by molar-refractivity contribution is 5.79. The Morgan fingerprint density at radius 3 is 2.28 bits per heavy atom. The lowest BCUT2D eigenvalue weighted by atomic mass is 9.51. The molecule has 39 heavy (non-hydrogen) atoms. The maximum atomic E-state index is 14.2. The largest absolute Gasteiger partial charge is 0.504 e. The van der Waals surface area contributed by atoms with E-state index in [-0.39, 0.29) is 46.4 Å². The van der Waals surface area contributed by atoms with Crippen molar-refractivity contribution in [3.63, 3.8) is 0 Å². The first-order chi connectivity index (χ1) is 18.7. The Hall–Kier alpha value is -2.97. The zero-order valence-corrected chi connectivity index (χ0v) is 23.4. The number of carbonyl (C=O) groups excluding carboxylic acids is 1. The van der Waals surface area contributed by atoms with Crippen LogP contribution in [0.4, 0.5) is 0 Å². The Balaban J connectivity index is 1.61. The SMILES string of the molecule is COCCC(=O)N1[C@@H]2C(C)(C)[C@H]3C[C@@]24CCO[C@@H](c2ccc(O)c(OC)c2)[C@@]4(C3)[C@@H]1c1ccc(O)c(OC)c1. The molecule has 2 aromatic carbocycles. The quantitative estimate of drug-likeness (QED) is 0.514. The molecule has 1 amide bonds. The van der Waals surface area contributed by atoms with Crippen LogP contribution in [0.25, 0.3) is 0 Å². The van der Waals surface area contributed by atoms with E-state index in [1.165, 1.54) is 0 Å². The summed E-state index contributed by atoms with van der Waals surface area (Å²) < 4.78 is 23.1. The average Bonchev–Trinajstić information content (AvgIpc) is 3.46. The summed E-state index contributed by atoms with van der Waals surface area (Å²) >= 11 is 0. The van der Waals surface area contributed by atoms with Crippen molar-refractivity contribution in [1.82, 2.24) is 4.90 Å². The lowest BCUT2D eigenvalue weighted by Gasteiger charge is -2.55. The van der Waals surface area contributed by atoms with E-state index in [9.17, 15) is 15.0 Å². The summed E-state index contributed by atoms with van der Waals surface area (Å²) in [6.45, 7) is 5.60. The molecule has 0 aromatic heterocycles. The van der Waals surface area contributed by atoms with Gasteiger partial charge in [-0.3, -0.25) is 4.79 Å². The summed E-state index contributed by atoms with van der Waals surface area (Å²) in [4.78, 5) is 16.4. The molecular weight excluding hydrogens is 498 g/mol. The van der Waals surface area contributed by atoms with Crippen molar-refractivity contribution in [1.29, 1.82) is 0 Å². The normalized spacial score (nSPS) is 33.7. The van der Waals surface area contributed by atoms with Crippen LogP contribution in [0.15, 0.2) is 36.4 Å². The summed E-state index contributed by atoms with van der Waals surface area (Å²) in [6.07, 6.45) is 2.81. The van der Waals surface area contributed by atoms with Crippen LogP contribution < -0.4 is 9.47 Å². The van der Waals surface area contributed by atoms with Crippen molar-refractivity contribution in [3.05, 3.63) is 47.5 Å². The third-order valence-corrected chi connectivity index (χ3v) is 10.6. The standard InChI is InChI=1S/C31H39NO7/c1-29(2)20-16-30-11-13-39-27(19-7-9-22(34)24(15-19)38-5)31(30,17-20)26(18-6-8-21(33)23(14-18)37-4)32(28(29)30)25(35)10-12-36-3/h6-9,14-15,20,26-28,33-34H,10-13,16-17H2,1-5H3/t20-,26-,27-,28+,30-,31+/m0/s1. The molecule has 6 rings (SSSR count). The third kappa shape index (κ3) is 3.34. The molecule has 2 saturated carbocycles. The summed E-state index contributed by atoms with van der Waals surface area (Å²) in [5.41, 5.74) is 1.24. The Bertz CT molecular complexity index is 1290. The van der Waals surface area contributed by atoms with E-state index in [1.807, 2.05) is 24.3 Å². The third-order valence-electron chi connectivity index (χ3n) is 10.6. The highest BCUT2D eigenvalue weighted by Gasteiger charge is 2.83. The number of phenols is 2. The molecule has 4 fully saturated rings. The molecule has 0 radical (unpaired) electrons. The first-order valence-electron chi connectivity index (χ1n) is 13.8. The molecule has 2 N–H and O–H groups in total. The minimum absolute atomic E-state index is 0.0308. The highest BCUT2D eigenvalue weighted by Crippen LogP contribution is 2.85. The number of hydrogen-bond donors (Lipinski definition) is 2. The predicted octanol–water partition coefficient (Wildman–Crippen LogP) is 4.99. The van der Waals surface area contributed by atoms with Gasteiger partial charge in [-0.25, -0.2) is 0 Å². The van der Waals surface area contributed by atoms with Crippen LogP contribution in [0.5, 0.6) is 23.0 Å². The molecule has 8 nitrogen and oxygen atoms in total. The first kappa shape index (κ1) is 26.3. The Morgan fingerprint density at radius 1 is 1.00 bits per heavy atom. The number of phenolic OH excluding ortho intramolecular Hbond substituents is 2. The number of nitrogens with zero attached hydrogens (tertiary/aromatic N) is 1. The van der Waals surface area contributed by atoms with E-state index in [2.05, 4.69) is 18.7 Å². The van der Waals surface area contributed by atoms with Crippen LogP contribution in [-0.2, 0) is 14.3 Å². The van der Waals surface area contributed by atoms with Gasteiger partial charge in [0.1, 0.15) is 0 Å². The van der Waals surface area contributed by atoms with Gasteiger partial charge in [0.05, 0.1) is 39.4 Å². The van der Waals surface area contributed by atoms with E-state index in [0.717, 1.165) is 30.4 Å². The molecule has 2 aliphatic heterocycles. The van der Waals surface area contributed by atoms with Gasteiger partial charge in [0.2, 0.25) is 5.91 Å². The van der Waals surface area contributed by atoms with Crippen LogP contribution >= 0.6 is 0 Å². The zero-order chi connectivity index (χ0) is 27.7. The van der Waals surface area contributed by atoms with Crippen LogP contribution in [0.3, 0.4) is 0 Å². The van der Waals surface area contributed by atoms with Crippen LogP contribution in [0.1, 0.15) is 62.8 Å². The van der Waals surface area contributed by atoms with Crippen molar-refractivity contribution in [2.24, 2.45) is 22.2 Å². The van der Waals surface area contributed by atoms with Gasteiger partial charge in [-0.1, -0.05) is 26.0 Å². The topological polar surface area (TPSA) is 97.7 Å². The number of aromatic hydroxyl groups is 2. The molecular formula is C31H39NO7. The summed E-state index contributed by atoms with van der Waals surface area (Å²) in [5, 5.41) is 20.8. The average molecular weight is 538 g/mol. The molecule has 210 valence electrons. The molecule has 2 heterocycles. The molecule has 2 bridgehead atoms. The molecule has 2 saturated heterocycles. The monoisotopic (exact) mass is 537 g/mol. The van der Waals surface area contributed by atoms with Gasteiger partial charge in [0, 0.05) is 30.6 Å². The fraction of sp³-hybridized carbons (Fsp3) is 0.581. The Kier molecular flexibility index (Phi) is 6.08. The fourth-order valence-corrected chi connectivity index (χ4v) is 9.22. The van der Waals surface area contributed by atoms with Crippen molar-refractivity contribution in [3.8, 4) is 23.0 Å². The second-order valence-corrected chi connectivity index (χ2v) is 12.3. The van der Waals surface area contributed by atoms with Crippen molar-refractivity contribution in [2.45, 2.75) is 57.7 Å². The molecule has 2 aliphatic carbocycles. The Morgan fingerprint density at radius 2 is 1.64 bits per heavy atom. The van der Waals surface area contributed by atoms with Gasteiger partial charge in [-0.15, -0.1) is 0 Å². The number of rotatable bonds is 7. The van der Waals surface area contributed by atoms with Gasteiger partial charge in [0.25, 0.3) is 0 Å². The number of likely N-dealkylation sites (tertiary alicyclic amines) is 1. The van der Waals surface area contributed by atoms with Crippen LogP contribution in [0, 0.1) is 22.2 Å². The van der Waals surface area contributed by atoms with Crippen molar-refractivity contribution in [2.75, 3.05) is 34.5 Å². The number of amides is 1. The highest BCUT2D eigenvalue weighted by atomic mass is 16.5. The van der Waals surface area contributed by atoms with Crippen LogP contribution in [-0.4, -0.2) is 61.6 Å². The van der Waals surface area contributed by atoms with E-state index in [4.69, 9.17) is 18.9 Å². The smallest absolute Gasteiger partial charge is 0.225 e. The molecule has 4 aliphatic rings. The van der Waals surface area contributed by atoms with Gasteiger partial charge in [-0.05, 0) is 66.0 Å². The minimum atomic E-state index is -0.414. The number of carbonyl (C=O) groups is 1. The van der Waals surface area contributed by atoms with E-state index in [0.29, 0.717) is 37.1 Å². The number of ether oxygens (including phenoxy) is 4. The molecule has 2 aromatic rings. The Labute approximate surface area is 229 Å². The molecule has 8 heteroatoms. The maximum Gasteiger partial charge on any atom is 0.225 e. The lowest BCUT2D eigenvalue weighted by Crippen LogP contribution is -2.55. The summed E-state index contributed by atoms with van der Waals surface area (Å²) in [6, 6.07) is 10.7.